The Bertz CT molecular complexity index is 572. The maximum atomic E-state index is 11.7. The first kappa shape index (κ1) is 17.3. The molecule has 3 heteroatoms. The molecule has 2 rings (SSSR count). The maximum absolute atomic E-state index is 11.7. The monoisotopic (exact) mass is 313 g/mol. The van der Waals surface area contributed by atoms with E-state index in [-0.39, 0.29) is 11.9 Å². The van der Waals surface area contributed by atoms with Gasteiger partial charge in [-0.25, -0.2) is 0 Å². The van der Waals surface area contributed by atoms with Crippen molar-refractivity contribution in [2.24, 2.45) is 11.8 Å². The highest BCUT2D eigenvalue weighted by Crippen LogP contribution is 2.48. The number of benzene rings is 1. The zero-order valence-corrected chi connectivity index (χ0v) is 14.5. The van der Waals surface area contributed by atoms with Crippen LogP contribution in [0.25, 0.3) is 0 Å². The summed E-state index contributed by atoms with van der Waals surface area (Å²) < 4.78 is 5.18. The van der Waals surface area contributed by atoms with Gasteiger partial charge in [0.25, 0.3) is 0 Å². The number of rotatable bonds is 7. The summed E-state index contributed by atoms with van der Waals surface area (Å²) in [5, 5.41) is 2.96. The highest BCUT2D eigenvalue weighted by Gasteiger charge is 2.35. The molecule has 0 bridgehead atoms. The molecule has 3 nitrogen and oxygen atoms in total. The largest absolute Gasteiger partial charge is 0.497 e. The molecular weight excluding hydrogens is 286 g/mol. The Morgan fingerprint density at radius 1 is 1.22 bits per heavy atom. The topological polar surface area (TPSA) is 38.3 Å². The molecule has 0 heterocycles. The first-order chi connectivity index (χ1) is 11.0. The second kappa shape index (κ2) is 8.00. The Morgan fingerprint density at radius 2 is 1.91 bits per heavy atom. The summed E-state index contributed by atoms with van der Waals surface area (Å²) in [6.07, 6.45) is 8.76. The Balaban J connectivity index is 1.76. The molecular formula is C20H27NO2. The van der Waals surface area contributed by atoms with Gasteiger partial charge in [0.15, 0.2) is 0 Å². The van der Waals surface area contributed by atoms with Crippen LogP contribution < -0.4 is 10.1 Å². The molecule has 1 saturated carbocycles. The zero-order valence-electron chi connectivity index (χ0n) is 14.5. The molecule has 1 fully saturated rings. The van der Waals surface area contributed by atoms with Crippen molar-refractivity contribution < 1.29 is 9.53 Å². The molecule has 1 aromatic carbocycles. The minimum absolute atomic E-state index is 0.0293. The molecule has 3 atom stereocenters. The van der Waals surface area contributed by atoms with Crippen LogP contribution in [0.3, 0.4) is 0 Å². The lowest BCUT2D eigenvalue weighted by Gasteiger charge is -2.15. The second-order valence-electron chi connectivity index (χ2n) is 6.56. The maximum Gasteiger partial charge on any atom is 0.244 e. The standard InChI is InChI=1S/C20H27NO2/c1-14(2)15(3)21-20(22)8-6-5-7-17-13-19(17)16-9-11-18(23-4)12-10-16/h5-12,14-15,17,19H,13H2,1-4H3,(H,21,22)/t15?,17-,19+/m1/s1. The van der Waals surface area contributed by atoms with E-state index in [0.29, 0.717) is 17.8 Å². The number of carbonyl (C=O) groups excluding carboxylic acids is 1. The van der Waals surface area contributed by atoms with Crippen LogP contribution in [0.2, 0.25) is 0 Å². The van der Waals surface area contributed by atoms with Crippen molar-refractivity contribution in [3.63, 3.8) is 0 Å². The van der Waals surface area contributed by atoms with Crippen LogP contribution in [0, 0.1) is 11.8 Å². The van der Waals surface area contributed by atoms with E-state index in [1.54, 1.807) is 13.2 Å². The van der Waals surface area contributed by atoms with Gasteiger partial charge in [-0.3, -0.25) is 4.79 Å². The Kier molecular flexibility index (Phi) is 6.03. The van der Waals surface area contributed by atoms with E-state index < -0.39 is 0 Å². The van der Waals surface area contributed by atoms with Crippen molar-refractivity contribution in [3.8, 4) is 5.75 Å². The Morgan fingerprint density at radius 3 is 2.52 bits per heavy atom. The minimum Gasteiger partial charge on any atom is -0.497 e. The van der Waals surface area contributed by atoms with Crippen molar-refractivity contribution in [1.29, 1.82) is 0 Å². The fourth-order valence-corrected chi connectivity index (χ4v) is 2.45. The van der Waals surface area contributed by atoms with E-state index in [1.807, 2.05) is 31.2 Å². The van der Waals surface area contributed by atoms with E-state index in [9.17, 15) is 4.79 Å². The van der Waals surface area contributed by atoms with Gasteiger partial charge in [0, 0.05) is 12.1 Å². The van der Waals surface area contributed by atoms with Crippen molar-refractivity contribution in [3.05, 3.63) is 54.1 Å². The third-order valence-electron chi connectivity index (χ3n) is 4.47. The Hall–Kier alpha value is -2.03. The molecule has 124 valence electrons. The number of allylic oxidation sites excluding steroid dienone is 3. The van der Waals surface area contributed by atoms with Crippen LogP contribution in [0.1, 0.15) is 38.7 Å². The summed E-state index contributed by atoms with van der Waals surface area (Å²) in [6.45, 7) is 6.22. The van der Waals surface area contributed by atoms with Crippen LogP contribution in [-0.2, 0) is 4.79 Å². The van der Waals surface area contributed by atoms with Crippen molar-refractivity contribution in [1.82, 2.24) is 5.32 Å². The predicted molar refractivity (Wildman–Crippen MR) is 94.6 cm³/mol. The summed E-state index contributed by atoms with van der Waals surface area (Å²) >= 11 is 0. The molecule has 1 aliphatic carbocycles. The smallest absolute Gasteiger partial charge is 0.244 e. The molecule has 0 saturated heterocycles. The molecule has 23 heavy (non-hydrogen) atoms. The van der Waals surface area contributed by atoms with E-state index in [0.717, 1.165) is 5.75 Å². The SMILES string of the molecule is COc1ccc([C@@H]2C[C@H]2C=CC=CC(=O)NC(C)C(C)C)cc1. The molecule has 1 unspecified atom stereocenters. The average Bonchev–Trinajstić information content (AvgIpc) is 3.31. The second-order valence-corrected chi connectivity index (χ2v) is 6.56. The van der Waals surface area contributed by atoms with Crippen LogP contribution in [0.15, 0.2) is 48.6 Å². The van der Waals surface area contributed by atoms with E-state index >= 15 is 0 Å². The van der Waals surface area contributed by atoms with Gasteiger partial charge in [-0.05, 0) is 48.8 Å². The lowest BCUT2D eigenvalue weighted by atomic mass is 10.1. The van der Waals surface area contributed by atoms with Crippen molar-refractivity contribution >= 4 is 5.91 Å². The number of carbonyl (C=O) groups is 1. The number of nitrogens with one attached hydrogen (secondary N) is 1. The van der Waals surface area contributed by atoms with Gasteiger partial charge in [0.1, 0.15) is 5.75 Å². The van der Waals surface area contributed by atoms with E-state index in [2.05, 4.69) is 37.4 Å². The molecule has 1 aromatic rings. The van der Waals surface area contributed by atoms with Gasteiger partial charge in [-0.1, -0.05) is 44.2 Å². The normalized spacial score (nSPS) is 21.8. The fraction of sp³-hybridized carbons (Fsp3) is 0.450. The number of ether oxygens (including phenoxy) is 1. The first-order valence-electron chi connectivity index (χ1n) is 8.30. The lowest BCUT2D eigenvalue weighted by molar-refractivity contribution is -0.117. The number of amides is 1. The quantitative estimate of drug-likeness (QED) is 0.608. The molecule has 1 aliphatic rings. The van der Waals surface area contributed by atoms with Gasteiger partial charge in [0.05, 0.1) is 7.11 Å². The van der Waals surface area contributed by atoms with Gasteiger partial charge in [0.2, 0.25) is 5.91 Å². The van der Waals surface area contributed by atoms with Gasteiger partial charge >= 0.3 is 0 Å². The predicted octanol–water partition coefficient (Wildman–Crippen LogP) is 4.07. The van der Waals surface area contributed by atoms with E-state index in [1.165, 1.54) is 12.0 Å². The lowest BCUT2D eigenvalue weighted by Crippen LogP contribution is -2.34. The Labute approximate surface area is 139 Å². The summed E-state index contributed by atoms with van der Waals surface area (Å²) in [5.74, 6) is 2.48. The molecule has 1 amide bonds. The molecule has 0 aliphatic heterocycles. The average molecular weight is 313 g/mol. The van der Waals surface area contributed by atoms with Gasteiger partial charge in [-0.15, -0.1) is 0 Å². The molecule has 0 spiro atoms. The van der Waals surface area contributed by atoms with Gasteiger partial charge in [-0.2, -0.15) is 0 Å². The molecule has 0 aromatic heterocycles. The van der Waals surface area contributed by atoms with Crippen LogP contribution in [-0.4, -0.2) is 19.1 Å². The van der Waals surface area contributed by atoms with Gasteiger partial charge < -0.3 is 10.1 Å². The third kappa shape index (κ3) is 5.27. The highest BCUT2D eigenvalue weighted by molar-refractivity contribution is 5.87. The summed E-state index contributed by atoms with van der Waals surface area (Å²) in [6, 6.07) is 8.48. The van der Waals surface area contributed by atoms with Crippen LogP contribution in [0.4, 0.5) is 0 Å². The van der Waals surface area contributed by atoms with E-state index in [4.69, 9.17) is 4.74 Å². The van der Waals surface area contributed by atoms with Crippen LogP contribution in [0.5, 0.6) is 5.75 Å². The summed E-state index contributed by atoms with van der Waals surface area (Å²) in [7, 11) is 1.68. The first-order valence-corrected chi connectivity index (χ1v) is 8.30. The summed E-state index contributed by atoms with van der Waals surface area (Å²) in [4.78, 5) is 11.7. The number of hydrogen-bond donors (Lipinski definition) is 1. The fourth-order valence-electron chi connectivity index (χ4n) is 2.45. The van der Waals surface area contributed by atoms with Crippen molar-refractivity contribution in [2.45, 2.75) is 39.2 Å². The minimum atomic E-state index is -0.0293. The van der Waals surface area contributed by atoms with Crippen LogP contribution >= 0.6 is 0 Å². The highest BCUT2D eigenvalue weighted by atomic mass is 16.5. The van der Waals surface area contributed by atoms with Crippen molar-refractivity contribution in [2.75, 3.05) is 7.11 Å². The number of hydrogen-bond acceptors (Lipinski definition) is 2. The molecule has 0 radical (unpaired) electrons. The third-order valence-corrected chi connectivity index (χ3v) is 4.47. The summed E-state index contributed by atoms with van der Waals surface area (Å²) in [5.41, 5.74) is 1.35. The zero-order chi connectivity index (χ0) is 16.8. The number of methoxy groups -OCH3 is 1. The molecule has 1 N–H and O–H groups in total.